The van der Waals surface area contributed by atoms with Gasteiger partial charge < -0.3 is 10.1 Å². The second-order valence-electron chi connectivity index (χ2n) is 8.91. The standard InChI is InChI=1S/C21H23N7O2S/c1-12-8-14-15(26-31-25-14)9-13(12)23-18-22-10-16-17(24-18)28(19(29)27(16)2)20-4-6-21(11-20,30-3)7-5-20/h8-10H,4-7,11H2,1-3H3,(H,22,23,24). The molecular formula is C21H23N7O2S. The van der Waals surface area contributed by atoms with E-state index in [0.29, 0.717) is 11.6 Å². The summed E-state index contributed by atoms with van der Waals surface area (Å²) >= 11 is 1.20. The molecule has 0 unspecified atom stereocenters. The van der Waals surface area contributed by atoms with Crippen LogP contribution < -0.4 is 11.0 Å². The highest BCUT2D eigenvalue weighted by Gasteiger charge is 2.57. The Bertz CT molecular complexity index is 1390. The van der Waals surface area contributed by atoms with E-state index in [2.05, 4.69) is 19.0 Å². The zero-order valence-corrected chi connectivity index (χ0v) is 18.5. The topological polar surface area (TPSA) is 99.8 Å². The third kappa shape index (κ3) is 2.61. The molecule has 9 nitrogen and oxygen atoms in total. The summed E-state index contributed by atoms with van der Waals surface area (Å²) in [4.78, 5) is 22.6. The molecule has 3 heterocycles. The average molecular weight is 438 g/mol. The van der Waals surface area contributed by atoms with Gasteiger partial charge in [-0.1, -0.05) is 0 Å². The van der Waals surface area contributed by atoms with Crippen LogP contribution in [0, 0.1) is 6.92 Å². The lowest BCUT2D eigenvalue weighted by Crippen LogP contribution is -2.38. The van der Waals surface area contributed by atoms with E-state index in [9.17, 15) is 4.79 Å². The van der Waals surface area contributed by atoms with Crippen molar-refractivity contribution >= 4 is 45.6 Å². The third-order valence-electron chi connectivity index (χ3n) is 7.30. The number of aromatic nitrogens is 6. The first-order valence-corrected chi connectivity index (χ1v) is 11.2. The van der Waals surface area contributed by atoms with Crippen LogP contribution in [-0.4, -0.2) is 40.6 Å². The molecule has 1 aromatic carbocycles. The van der Waals surface area contributed by atoms with Crippen molar-refractivity contribution in [3.05, 3.63) is 34.4 Å². The molecule has 2 fully saturated rings. The number of anilines is 2. The largest absolute Gasteiger partial charge is 0.378 e. The molecule has 2 saturated carbocycles. The SMILES string of the molecule is COC12CCC(n3c(=O)n(C)c4cnc(Nc5cc6nsnc6cc5C)nc43)(CC1)C2. The van der Waals surface area contributed by atoms with Gasteiger partial charge in [-0.3, -0.25) is 9.13 Å². The van der Waals surface area contributed by atoms with Crippen LogP contribution in [0.3, 0.4) is 0 Å². The minimum Gasteiger partial charge on any atom is -0.378 e. The van der Waals surface area contributed by atoms with Crippen LogP contribution in [0.5, 0.6) is 0 Å². The molecule has 0 aliphatic heterocycles. The van der Waals surface area contributed by atoms with Crippen LogP contribution in [0.4, 0.5) is 11.6 Å². The molecule has 0 radical (unpaired) electrons. The van der Waals surface area contributed by atoms with Crippen LogP contribution in [-0.2, 0) is 17.3 Å². The van der Waals surface area contributed by atoms with Gasteiger partial charge >= 0.3 is 5.69 Å². The van der Waals surface area contributed by atoms with Crippen molar-refractivity contribution in [2.24, 2.45) is 7.05 Å². The highest BCUT2D eigenvalue weighted by Crippen LogP contribution is 2.56. The normalized spacial score (nSPS) is 25.1. The quantitative estimate of drug-likeness (QED) is 0.523. The van der Waals surface area contributed by atoms with E-state index in [1.54, 1.807) is 24.9 Å². The van der Waals surface area contributed by atoms with Crippen molar-refractivity contribution in [2.45, 2.75) is 50.2 Å². The van der Waals surface area contributed by atoms with Crippen LogP contribution in [0.1, 0.15) is 37.7 Å². The molecule has 31 heavy (non-hydrogen) atoms. The lowest BCUT2D eigenvalue weighted by molar-refractivity contribution is -0.000343. The molecule has 6 rings (SSSR count). The lowest BCUT2D eigenvalue weighted by atomic mass is 9.92. The van der Waals surface area contributed by atoms with Crippen LogP contribution in [0.2, 0.25) is 0 Å². The number of ether oxygens (including phenoxy) is 1. The second kappa shape index (κ2) is 6.33. The summed E-state index contributed by atoms with van der Waals surface area (Å²) in [7, 11) is 3.57. The van der Waals surface area contributed by atoms with Crippen molar-refractivity contribution in [3.8, 4) is 0 Å². The molecule has 0 spiro atoms. The van der Waals surface area contributed by atoms with Gasteiger partial charge in [-0.25, -0.2) is 9.78 Å². The lowest BCUT2D eigenvalue weighted by Gasteiger charge is -2.28. The zero-order chi connectivity index (χ0) is 21.4. The predicted molar refractivity (Wildman–Crippen MR) is 119 cm³/mol. The van der Waals surface area contributed by atoms with E-state index in [4.69, 9.17) is 9.72 Å². The maximum absolute atomic E-state index is 13.3. The highest BCUT2D eigenvalue weighted by atomic mass is 32.1. The average Bonchev–Trinajstić information content (AvgIpc) is 3.52. The smallest absolute Gasteiger partial charge is 0.330 e. The number of fused-ring (bicyclic) bond motifs is 4. The molecule has 160 valence electrons. The number of hydrogen-bond acceptors (Lipinski definition) is 8. The van der Waals surface area contributed by atoms with Gasteiger partial charge in [-0.15, -0.1) is 0 Å². The number of nitrogens with one attached hydrogen (secondary N) is 1. The highest BCUT2D eigenvalue weighted by molar-refractivity contribution is 7.00. The number of benzene rings is 1. The Hall–Kier alpha value is -2.85. The predicted octanol–water partition coefficient (Wildman–Crippen LogP) is 3.24. The van der Waals surface area contributed by atoms with Gasteiger partial charge in [-0.2, -0.15) is 13.7 Å². The van der Waals surface area contributed by atoms with E-state index in [0.717, 1.165) is 59.9 Å². The summed E-state index contributed by atoms with van der Waals surface area (Å²) in [6, 6.07) is 3.96. The molecule has 2 aliphatic rings. The Labute approximate surface area is 182 Å². The van der Waals surface area contributed by atoms with Crippen LogP contribution in [0.25, 0.3) is 22.2 Å². The minimum absolute atomic E-state index is 0.0404. The Morgan fingerprint density at radius 3 is 2.61 bits per heavy atom. The molecule has 0 saturated heterocycles. The second-order valence-corrected chi connectivity index (χ2v) is 9.44. The van der Waals surface area contributed by atoms with Crippen molar-refractivity contribution in [2.75, 3.05) is 12.4 Å². The Morgan fingerprint density at radius 2 is 1.90 bits per heavy atom. The van der Waals surface area contributed by atoms with E-state index >= 15 is 0 Å². The molecule has 1 N–H and O–H groups in total. The minimum atomic E-state index is -0.237. The molecular weight excluding hydrogens is 414 g/mol. The summed E-state index contributed by atoms with van der Waals surface area (Å²) in [5.41, 5.74) is 4.65. The molecule has 4 aromatic rings. The van der Waals surface area contributed by atoms with Gasteiger partial charge in [-0.05, 0) is 50.3 Å². The van der Waals surface area contributed by atoms with E-state index in [1.807, 2.05) is 23.6 Å². The summed E-state index contributed by atoms with van der Waals surface area (Å²) < 4.78 is 18.0. The molecule has 0 atom stereocenters. The van der Waals surface area contributed by atoms with Gasteiger partial charge in [0.05, 0.1) is 29.1 Å². The maximum atomic E-state index is 13.3. The molecule has 3 aromatic heterocycles. The monoisotopic (exact) mass is 437 g/mol. The first-order valence-electron chi connectivity index (χ1n) is 10.4. The maximum Gasteiger partial charge on any atom is 0.330 e. The first-order chi connectivity index (χ1) is 14.9. The van der Waals surface area contributed by atoms with Crippen LogP contribution in [0.15, 0.2) is 23.1 Å². The number of rotatable bonds is 4. The summed E-state index contributed by atoms with van der Waals surface area (Å²) in [5.74, 6) is 0.461. The van der Waals surface area contributed by atoms with Gasteiger partial charge in [0.1, 0.15) is 16.6 Å². The molecule has 2 bridgehead atoms. The number of methoxy groups -OCH3 is 1. The number of nitrogens with zero attached hydrogens (tertiary/aromatic N) is 6. The van der Waals surface area contributed by atoms with Crippen molar-refractivity contribution in [1.29, 1.82) is 0 Å². The van der Waals surface area contributed by atoms with E-state index in [-0.39, 0.29) is 16.8 Å². The Morgan fingerprint density at radius 1 is 1.16 bits per heavy atom. The fourth-order valence-corrected chi connectivity index (χ4v) is 6.00. The van der Waals surface area contributed by atoms with Gasteiger partial charge in [0, 0.05) is 26.3 Å². The van der Waals surface area contributed by atoms with Gasteiger partial charge in [0.25, 0.3) is 0 Å². The summed E-state index contributed by atoms with van der Waals surface area (Å²) in [6.45, 7) is 2.01. The molecule has 2 aliphatic carbocycles. The number of hydrogen-bond donors (Lipinski definition) is 1. The fourth-order valence-electron chi connectivity index (χ4n) is 5.49. The third-order valence-corrected chi connectivity index (χ3v) is 7.85. The van der Waals surface area contributed by atoms with Crippen molar-refractivity contribution in [3.63, 3.8) is 0 Å². The van der Waals surface area contributed by atoms with Crippen molar-refractivity contribution in [1.82, 2.24) is 27.8 Å². The number of aryl methyl sites for hydroxylation is 2. The molecule has 10 heteroatoms. The summed E-state index contributed by atoms with van der Waals surface area (Å²) in [6.07, 6.45) is 6.39. The van der Waals surface area contributed by atoms with Crippen LogP contribution >= 0.6 is 11.7 Å². The Balaban J connectivity index is 1.46. The summed E-state index contributed by atoms with van der Waals surface area (Å²) in [5, 5.41) is 3.32. The van der Waals surface area contributed by atoms with Gasteiger partial charge in [0.2, 0.25) is 5.95 Å². The van der Waals surface area contributed by atoms with Gasteiger partial charge in [0.15, 0.2) is 5.65 Å². The van der Waals surface area contributed by atoms with Crippen molar-refractivity contribution < 1.29 is 4.74 Å². The Kier molecular flexibility index (Phi) is 3.86. The zero-order valence-electron chi connectivity index (χ0n) is 17.7. The number of imidazole rings is 1. The molecule has 0 amide bonds. The van der Waals surface area contributed by atoms with E-state index in [1.165, 1.54) is 11.7 Å². The first kappa shape index (κ1) is 18.9. The van der Waals surface area contributed by atoms with E-state index < -0.39 is 0 Å². The fraction of sp³-hybridized carbons (Fsp3) is 0.476.